The van der Waals surface area contributed by atoms with Crippen LogP contribution >= 0.6 is 0 Å². The fraction of sp³-hybridized carbons (Fsp3) is 0.200. The van der Waals surface area contributed by atoms with E-state index in [-0.39, 0.29) is 6.61 Å². The van der Waals surface area contributed by atoms with Gasteiger partial charge in [-0.2, -0.15) is 0 Å². The fourth-order valence-corrected chi connectivity index (χ4v) is 0.983. The zero-order chi connectivity index (χ0) is 12.0. The molecular formula is C10H13N3O3. The zero-order valence-electron chi connectivity index (χ0n) is 8.82. The standard InChI is InChI=1S/C10H13N3O3/c1-2-16-10(15)9(14)13-12-8-6-4-3-5-7(8)11/h3-6,12H,2,11H2,1H3,(H,13,14). The van der Waals surface area contributed by atoms with Crippen molar-refractivity contribution in [3.05, 3.63) is 24.3 Å². The van der Waals surface area contributed by atoms with Crippen molar-refractivity contribution in [3.8, 4) is 0 Å². The summed E-state index contributed by atoms with van der Waals surface area (Å²) in [5, 5.41) is 0. The molecule has 1 amide bonds. The molecule has 0 saturated heterocycles. The molecular weight excluding hydrogens is 210 g/mol. The lowest BCUT2D eigenvalue weighted by molar-refractivity contribution is -0.154. The normalized spacial score (nSPS) is 9.31. The second kappa shape index (κ2) is 5.59. The van der Waals surface area contributed by atoms with Crippen molar-refractivity contribution in [2.45, 2.75) is 6.92 Å². The molecule has 1 aromatic rings. The zero-order valence-corrected chi connectivity index (χ0v) is 8.82. The molecule has 0 saturated carbocycles. The van der Waals surface area contributed by atoms with Gasteiger partial charge in [0.15, 0.2) is 0 Å². The smallest absolute Gasteiger partial charge is 0.398 e. The molecule has 86 valence electrons. The molecule has 0 aliphatic heterocycles. The Hall–Kier alpha value is -2.24. The first-order valence-corrected chi connectivity index (χ1v) is 4.72. The summed E-state index contributed by atoms with van der Waals surface area (Å²) in [6.07, 6.45) is 0. The van der Waals surface area contributed by atoms with E-state index in [0.717, 1.165) is 0 Å². The molecule has 0 fully saturated rings. The predicted molar refractivity (Wildman–Crippen MR) is 59.3 cm³/mol. The highest BCUT2D eigenvalue weighted by Gasteiger charge is 2.13. The molecule has 0 atom stereocenters. The Morgan fingerprint density at radius 3 is 2.69 bits per heavy atom. The Labute approximate surface area is 92.7 Å². The third kappa shape index (κ3) is 3.16. The molecule has 0 bridgehead atoms. The number of hydrogen-bond donors (Lipinski definition) is 3. The van der Waals surface area contributed by atoms with Crippen LogP contribution < -0.4 is 16.6 Å². The number of rotatable bonds is 3. The van der Waals surface area contributed by atoms with Crippen molar-refractivity contribution in [2.75, 3.05) is 17.8 Å². The SMILES string of the molecule is CCOC(=O)C(=O)NNc1ccccc1N. The van der Waals surface area contributed by atoms with Crippen LogP contribution in [-0.4, -0.2) is 18.5 Å². The average molecular weight is 223 g/mol. The van der Waals surface area contributed by atoms with Crippen LogP contribution in [0.4, 0.5) is 11.4 Å². The van der Waals surface area contributed by atoms with Gasteiger partial charge in [0.2, 0.25) is 0 Å². The van der Waals surface area contributed by atoms with Crippen LogP contribution in [0.25, 0.3) is 0 Å². The number of benzene rings is 1. The second-order valence-electron chi connectivity index (χ2n) is 2.89. The van der Waals surface area contributed by atoms with Gasteiger partial charge in [-0.15, -0.1) is 0 Å². The highest BCUT2D eigenvalue weighted by molar-refractivity contribution is 6.32. The van der Waals surface area contributed by atoms with Gasteiger partial charge in [-0.25, -0.2) is 4.79 Å². The first-order chi connectivity index (χ1) is 7.65. The van der Waals surface area contributed by atoms with Crippen LogP contribution in [0.3, 0.4) is 0 Å². The Kier molecular flexibility index (Phi) is 4.14. The minimum Gasteiger partial charge on any atom is -0.459 e. The minimum absolute atomic E-state index is 0.153. The summed E-state index contributed by atoms with van der Waals surface area (Å²) in [4.78, 5) is 22.1. The first-order valence-electron chi connectivity index (χ1n) is 4.72. The topological polar surface area (TPSA) is 93.5 Å². The Morgan fingerprint density at radius 2 is 2.06 bits per heavy atom. The van der Waals surface area contributed by atoms with Gasteiger partial charge in [0.25, 0.3) is 0 Å². The van der Waals surface area contributed by atoms with Crippen LogP contribution in [-0.2, 0) is 14.3 Å². The minimum atomic E-state index is -0.940. The molecule has 6 heteroatoms. The lowest BCUT2D eigenvalue weighted by Crippen LogP contribution is -2.36. The number of nitrogens with two attached hydrogens (primary N) is 1. The fourth-order valence-electron chi connectivity index (χ4n) is 0.983. The highest BCUT2D eigenvalue weighted by atomic mass is 16.5. The van der Waals surface area contributed by atoms with Crippen molar-refractivity contribution >= 4 is 23.3 Å². The average Bonchev–Trinajstić information content (AvgIpc) is 2.28. The highest BCUT2D eigenvalue weighted by Crippen LogP contribution is 2.14. The second-order valence-corrected chi connectivity index (χ2v) is 2.89. The third-order valence-electron chi connectivity index (χ3n) is 1.73. The van der Waals surface area contributed by atoms with Crippen LogP contribution in [0.1, 0.15) is 6.92 Å². The molecule has 0 aliphatic carbocycles. The molecule has 0 aliphatic rings. The maximum absolute atomic E-state index is 11.1. The molecule has 0 spiro atoms. The Bertz CT molecular complexity index is 393. The maximum Gasteiger partial charge on any atom is 0.398 e. The van der Waals surface area contributed by atoms with Gasteiger partial charge >= 0.3 is 11.9 Å². The van der Waals surface area contributed by atoms with E-state index in [1.165, 1.54) is 0 Å². The van der Waals surface area contributed by atoms with E-state index in [9.17, 15) is 9.59 Å². The van der Waals surface area contributed by atoms with E-state index in [2.05, 4.69) is 15.6 Å². The molecule has 6 nitrogen and oxygen atoms in total. The number of nitrogen functional groups attached to an aromatic ring is 1. The number of nitrogens with one attached hydrogen (secondary N) is 2. The van der Waals surface area contributed by atoms with E-state index in [1.807, 2.05) is 0 Å². The lowest BCUT2D eigenvalue weighted by Gasteiger charge is -2.09. The van der Waals surface area contributed by atoms with E-state index in [4.69, 9.17) is 5.73 Å². The van der Waals surface area contributed by atoms with Crippen LogP contribution in [0, 0.1) is 0 Å². The van der Waals surface area contributed by atoms with Gasteiger partial charge in [0, 0.05) is 0 Å². The van der Waals surface area contributed by atoms with Crippen LogP contribution in [0.15, 0.2) is 24.3 Å². The van der Waals surface area contributed by atoms with Gasteiger partial charge in [-0.3, -0.25) is 15.6 Å². The number of carbonyl (C=O) groups excluding carboxylic acids is 2. The Balaban J connectivity index is 2.49. The summed E-state index contributed by atoms with van der Waals surface area (Å²) < 4.78 is 4.50. The maximum atomic E-state index is 11.1. The molecule has 0 unspecified atom stereocenters. The number of amides is 1. The molecule has 0 aromatic heterocycles. The van der Waals surface area contributed by atoms with Gasteiger partial charge in [-0.05, 0) is 19.1 Å². The van der Waals surface area contributed by atoms with Gasteiger partial charge in [0.05, 0.1) is 18.0 Å². The van der Waals surface area contributed by atoms with Crippen LogP contribution in [0.5, 0.6) is 0 Å². The molecule has 0 heterocycles. The largest absolute Gasteiger partial charge is 0.459 e. The molecule has 1 aromatic carbocycles. The number of anilines is 2. The van der Waals surface area contributed by atoms with Gasteiger partial charge < -0.3 is 10.5 Å². The monoisotopic (exact) mass is 223 g/mol. The van der Waals surface area contributed by atoms with Crippen molar-refractivity contribution in [3.63, 3.8) is 0 Å². The van der Waals surface area contributed by atoms with Crippen molar-refractivity contribution in [2.24, 2.45) is 0 Å². The van der Waals surface area contributed by atoms with E-state index in [1.54, 1.807) is 31.2 Å². The number of ether oxygens (including phenoxy) is 1. The van der Waals surface area contributed by atoms with Gasteiger partial charge in [-0.1, -0.05) is 12.1 Å². The van der Waals surface area contributed by atoms with Crippen molar-refractivity contribution < 1.29 is 14.3 Å². The van der Waals surface area contributed by atoms with Crippen molar-refractivity contribution in [1.82, 2.24) is 5.43 Å². The predicted octanol–water partition coefficient (Wildman–Crippen LogP) is 0.275. The number of carbonyl (C=O) groups is 2. The van der Waals surface area contributed by atoms with E-state index >= 15 is 0 Å². The molecule has 0 radical (unpaired) electrons. The number of hydrazine groups is 1. The summed E-state index contributed by atoms with van der Waals surface area (Å²) in [6.45, 7) is 1.77. The Morgan fingerprint density at radius 1 is 1.38 bits per heavy atom. The summed E-state index contributed by atoms with van der Waals surface area (Å²) >= 11 is 0. The van der Waals surface area contributed by atoms with Crippen molar-refractivity contribution in [1.29, 1.82) is 0 Å². The van der Waals surface area contributed by atoms with Gasteiger partial charge in [0.1, 0.15) is 0 Å². The number of hydrogen-bond acceptors (Lipinski definition) is 5. The number of para-hydroxylation sites is 2. The lowest BCUT2D eigenvalue weighted by atomic mass is 10.3. The molecule has 16 heavy (non-hydrogen) atoms. The van der Waals surface area contributed by atoms with E-state index < -0.39 is 11.9 Å². The van der Waals surface area contributed by atoms with E-state index in [0.29, 0.717) is 11.4 Å². The first kappa shape index (κ1) is 11.8. The summed E-state index contributed by atoms with van der Waals surface area (Å²) in [7, 11) is 0. The summed E-state index contributed by atoms with van der Waals surface area (Å²) in [5.41, 5.74) is 11.3. The van der Waals surface area contributed by atoms with Crippen LogP contribution in [0.2, 0.25) is 0 Å². The quantitative estimate of drug-likeness (QED) is 0.296. The molecule has 4 N–H and O–H groups in total. The summed E-state index contributed by atoms with van der Waals surface area (Å²) in [5.74, 6) is -1.81. The summed E-state index contributed by atoms with van der Waals surface area (Å²) in [6, 6.07) is 6.84. The molecule has 1 rings (SSSR count). The number of esters is 1. The third-order valence-corrected chi connectivity index (χ3v) is 1.73.